The molecule has 0 bridgehead atoms. The average Bonchev–Trinajstić information content (AvgIpc) is 3.24. The number of amides is 1. The van der Waals surface area contributed by atoms with Crippen LogP contribution < -0.4 is 11.1 Å². The summed E-state index contributed by atoms with van der Waals surface area (Å²) in [6, 6.07) is 7.34. The van der Waals surface area contributed by atoms with Crippen LogP contribution in [0.25, 0.3) is 11.5 Å². The fourth-order valence-corrected chi connectivity index (χ4v) is 3.06. The maximum Gasteiger partial charge on any atom is 0.258 e. The van der Waals surface area contributed by atoms with Gasteiger partial charge in [0.15, 0.2) is 5.82 Å². The van der Waals surface area contributed by atoms with Crippen molar-refractivity contribution in [3.8, 4) is 11.5 Å². The third kappa shape index (κ3) is 3.53. The molecule has 134 valence electrons. The van der Waals surface area contributed by atoms with Crippen LogP contribution in [0, 0.1) is 0 Å². The largest absolute Gasteiger partial charge is 0.368 e. The zero-order valence-corrected chi connectivity index (χ0v) is 14.6. The van der Waals surface area contributed by atoms with Gasteiger partial charge in [0.2, 0.25) is 0 Å². The number of rotatable bonds is 4. The van der Waals surface area contributed by atoms with Gasteiger partial charge in [0.25, 0.3) is 11.8 Å². The summed E-state index contributed by atoms with van der Waals surface area (Å²) in [5.74, 6) is 0.846. The van der Waals surface area contributed by atoms with Crippen LogP contribution in [-0.4, -0.2) is 28.8 Å². The minimum absolute atomic E-state index is 0. The molecule has 1 aromatic heterocycles. The predicted molar refractivity (Wildman–Crippen MR) is 94.3 cm³/mol. The molecule has 0 spiro atoms. The van der Waals surface area contributed by atoms with Crippen LogP contribution in [0.4, 0.5) is 5.69 Å². The van der Waals surface area contributed by atoms with E-state index in [2.05, 4.69) is 15.5 Å². The molecule has 1 aliphatic carbocycles. The second-order valence-electron chi connectivity index (χ2n) is 6.50. The van der Waals surface area contributed by atoms with E-state index < -0.39 is 5.54 Å². The van der Waals surface area contributed by atoms with Crippen molar-refractivity contribution in [2.24, 2.45) is 5.73 Å². The molecule has 1 aliphatic heterocycles. The summed E-state index contributed by atoms with van der Waals surface area (Å²) in [6.45, 7) is 0.643. The summed E-state index contributed by atoms with van der Waals surface area (Å²) in [7, 11) is 0. The molecular formula is C17H21ClN4O3. The van der Waals surface area contributed by atoms with Crippen LogP contribution in [0.15, 0.2) is 28.8 Å². The lowest BCUT2D eigenvalue weighted by atomic mass is 9.77. The van der Waals surface area contributed by atoms with E-state index in [4.69, 9.17) is 15.0 Å². The normalized spacial score (nSPS) is 21.2. The van der Waals surface area contributed by atoms with E-state index in [1.54, 1.807) is 0 Å². The summed E-state index contributed by atoms with van der Waals surface area (Å²) < 4.78 is 10.7. The van der Waals surface area contributed by atoms with Crippen molar-refractivity contribution < 1.29 is 14.1 Å². The highest BCUT2D eigenvalue weighted by molar-refractivity contribution is 5.94. The quantitative estimate of drug-likeness (QED) is 0.864. The molecule has 1 amide bonds. The van der Waals surface area contributed by atoms with Crippen molar-refractivity contribution >= 4 is 24.0 Å². The minimum atomic E-state index is -0.451. The Labute approximate surface area is 151 Å². The van der Waals surface area contributed by atoms with Crippen LogP contribution >= 0.6 is 12.4 Å². The highest BCUT2D eigenvalue weighted by Crippen LogP contribution is 2.37. The fraction of sp³-hybridized carbons (Fsp3) is 0.471. The van der Waals surface area contributed by atoms with Gasteiger partial charge < -0.3 is 20.3 Å². The van der Waals surface area contributed by atoms with Gasteiger partial charge in [-0.25, -0.2) is 0 Å². The summed E-state index contributed by atoms with van der Waals surface area (Å²) in [4.78, 5) is 16.6. The molecule has 1 aromatic carbocycles. The van der Waals surface area contributed by atoms with E-state index >= 15 is 0 Å². The van der Waals surface area contributed by atoms with Gasteiger partial charge in [-0.05, 0) is 50.3 Å². The van der Waals surface area contributed by atoms with E-state index in [-0.39, 0.29) is 24.4 Å². The van der Waals surface area contributed by atoms with Crippen LogP contribution in [-0.2, 0) is 15.1 Å². The molecule has 0 radical (unpaired) electrons. The van der Waals surface area contributed by atoms with Crippen molar-refractivity contribution in [1.82, 2.24) is 10.1 Å². The first kappa shape index (κ1) is 17.8. The number of hydrogen-bond donors (Lipinski definition) is 2. The predicted octanol–water partition coefficient (Wildman–Crippen LogP) is 2.61. The van der Waals surface area contributed by atoms with Crippen LogP contribution in [0.1, 0.15) is 37.9 Å². The maximum atomic E-state index is 12.1. The standard InChI is InChI=1S/C17H20N4O3.ClH/c18-17(7-3-8-17)16-20-15(24-21-16)11-4-1-5-12(10-11)19-14(22)13-6-2-9-23-13;/h1,4-5,10,13H,2-3,6-9,18H2,(H,19,22);1H. The zero-order chi connectivity index (χ0) is 16.6. The lowest BCUT2D eigenvalue weighted by Crippen LogP contribution is -2.44. The number of carbonyl (C=O) groups is 1. The Morgan fingerprint density at radius 3 is 2.84 bits per heavy atom. The van der Waals surface area contributed by atoms with Crippen LogP contribution in [0.5, 0.6) is 0 Å². The van der Waals surface area contributed by atoms with Gasteiger partial charge in [0.1, 0.15) is 6.10 Å². The van der Waals surface area contributed by atoms with E-state index in [1.807, 2.05) is 24.3 Å². The molecule has 1 saturated heterocycles. The van der Waals surface area contributed by atoms with E-state index in [0.717, 1.165) is 37.7 Å². The Bertz CT molecular complexity index is 754. The van der Waals surface area contributed by atoms with Gasteiger partial charge in [0.05, 0.1) is 5.54 Å². The average molecular weight is 365 g/mol. The number of aromatic nitrogens is 2. The number of nitrogens with zero attached hydrogens (tertiary/aromatic N) is 2. The number of hydrogen-bond acceptors (Lipinski definition) is 6. The van der Waals surface area contributed by atoms with Gasteiger partial charge in [-0.2, -0.15) is 4.98 Å². The number of halogens is 1. The molecule has 1 unspecified atom stereocenters. The third-order valence-electron chi connectivity index (χ3n) is 4.72. The van der Waals surface area contributed by atoms with Crippen LogP contribution in [0.3, 0.4) is 0 Å². The number of anilines is 1. The molecule has 2 heterocycles. The lowest BCUT2D eigenvalue weighted by Gasteiger charge is -2.34. The zero-order valence-electron chi connectivity index (χ0n) is 13.7. The molecule has 1 saturated carbocycles. The summed E-state index contributed by atoms with van der Waals surface area (Å²) in [5.41, 5.74) is 7.21. The van der Waals surface area contributed by atoms with Gasteiger partial charge in [-0.3, -0.25) is 4.79 Å². The monoisotopic (exact) mass is 364 g/mol. The number of carbonyl (C=O) groups excluding carboxylic acids is 1. The van der Waals surface area contributed by atoms with E-state index in [9.17, 15) is 4.79 Å². The molecule has 4 rings (SSSR count). The van der Waals surface area contributed by atoms with E-state index in [1.165, 1.54) is 0 Å². The van der Waals surface area contributed by atoms with Crippen molar-refractivity contribution in [2.45, 2.75) is 43.7 Å². The molecule has 8 heteroatoms. The molecular weight excluding hydrogens is 344 g/mol. The number of nitrogens with one attached hydrogen (secondary N) is 1. The first-order chi connectivity index (χ1) is 11.6. The summed E-state index contributed by atoms with van der Waals surface area (Å²) in [6.07, 6.45) is 4.16. The van der Waals surface area contributed by atoms with Crippen LogP contribution in [0.2, 0.25) is 0 Å². The highest BCUT2D eigenvalue weighted by atomic mass is 35.5. The Hall–Kier alpha value is -1.96. The Morgan fingerprint density at radius 1 is 1.32 bits per heavy atom. The molecule has 1 atom stereocenters. The topological polar surface area (TPSA) is 103 Å². The number of nitrogens with two attached hydrogens (primary N) is 1. The SMILES string of the molecule is Cl.NC1(c2noc(-c3cccc(NC(=O)C4CCCO4)c3)n2)CCC1. The van der Waals surface area contributed by atoms with Gasteiger partial charge >= 0.3 is 0 Å². The van der Waals surface area contributed by atoms with Crippen molar-refractivity contribution in [3.05, 3.63) is 30.1 Å². The first-order valence-corrected chi connectivity index (χ1v) is 8.30. The molecule has 2 aromatic rings. The smallest absolute Gasteiger partial charge is 0.258 e. The molecule has 2 fully saturated rings. The number of benzene rings is 1. The third-order valence-corrected chi connectivity index (χ3v) is 4.72. The van der Waals surface area contributed by atoms with Crippen molar-refractivity contribution in [3.63, 3.8) is 0 Å². The Morgan fingerprint density at radius 2 is 2.16 bits per heavy atom. The maximum absolute atomic E-state index is 12.1. The van der Waals surface area contributed by atoms with Gasteiger partial charge in [-0.1, -0.05) is 11.2 Å². The van der Waals surface area contributed by atoms with Gasteiger partial charge in [0, 0.05) is 17.9 Å². The number of ether oxygens (including phenoxy) is 1. The van der Waals surface area contributed by atoms with Gasteiger partial charge in [-0.15, -0.1) is 12.4 Å². The highest BCUT2D eigenvalue weighted by Gasteiger charge is 2.39. The fourth-order valence-electron chi connectivity index (χ4n) is 3.06. The Balaban J connectivity index is 0.00000182. The first-order valence-electron chi connectivity index (χ1n) is 8.30. The minimum Gasteiger partial charge on any atom is -0.368 e. The lowest BCUT2D eigenvalue weighted by molar-refractivity contribution is -0.124. The molecule has 3 N–H and O–H groups in total. The summed E-state index contributed by atoms with van der Waals surface area (Å²) >= 11 is 0. The second-order valence-corrected chi connectivity index (χ2v) is 6.50. The molecule has 25 heavy (non-hydrogen) atoms. The van der Waals surface area contributed by atoms with E-state index in [0.29, 0.717) is 24.0 Å². The molecule has 7 nitrogen and oxygen atoms in total. The summed E-state index contributed by atoms with van der Waals surface area (Å²) in [5, 5.41) is 6.90. The molecule has 2 aliphatic rings. The second kappa shape index (κ2) is 7.11. The Kier molecular flexibility index (Phi) is 5.08. The van der Waals surface area contributed by atoms with Crippen molar-refractivity contribution in [1.29, 1.82) is 0 Å². The van der Waals surface area contributed by atoms with Crippen molar-refractivity contribution in [2.75, 3.05) is 11.9 Å².